The van der Waals surface area contributed by atoms with Gasteiger partial charge in [0.05, 0.1) is 5.60 Å². The molecule has 0 radical (unpaired) electrons. The first-order valence-corrected chi connectivity index (χ1v) is 7.33. The standard InChI is InChI=1S/C14H25N5O/c1-4-14(5-2)9-10(6-7-20-14)17-12-8-11(16-3)18-13(15)19-12/h8,10H,4-7,9H2,1-3H3,(H4,15,16,17,18,19). The number of rotatable bonds is 5. The molecule has 1 atom stereocenters. The first-order valence-electron chi connectivity index (χ1n) is 7.33. The van der Waals surface area contributed by atoms with E-state index >= 15 is 0 Å². The molecule has 0 saturated carbocycles. The van der Waals surface area contributed by atoms with Gasteiger partial charge in [0.15, 0.2) is 0 Å². The van der Waals surface area contributed by atoms with Crippen LogP contribution >= 0.6 is 0 Å². The van der Waals surface area contributed by atoms with Crippen LogP contribution in [0.3, 0.4) is 0 Å². The number of nitrogens with two attached hydrogens (primary N) is 1. The Morgan fingerprint density at radius 2 is 2.05 bits per heavy atom. The van der Waals surface area contributed by atoms with Crippen LogP contribution in [0.4, 0.5) is 17.6 Å². The maximum Gasteiger partial charge on any atom is 0.223 e. The van der Waals surface area contributed by atoms with Crippen LogP contribution < -0.4 is 16.4 Å². The predicted molar refractivity (Wildman–Crippen MR) is 81.9 cm³/mol. The SMILES string of the molecule is CCC1(CC)CC(Nc2cc(NC)nc(N)n2)CCO1. The van der Waals surface area contributed by atoms with Crippen molar-refractivity contribution in [3.63, 3.8) is 0 Å². The van der Waals surface area contributed by atoms with Crippen LogP contribution in [0.15, 0.2) is 6.07 Å². The van der Waals surface area contributed by atoms with E-state index in [1.54, 1.807) is 0 Å². The van der Waals surface area contributed by atoms with E-state index < -0.39 is 0 Å². The molecule has 6 heteroatoms. The summed E-state index contributed by atoms with van der Waals surface area (Å²) >= 11 is 0. The molecule has 0 aromatic carbocycles. The minimum atomic E-state index is 0.000325. The van der Waals surface area contributed by atoms with Gasteiger partial charge in [-0.1, -0.05) is 13.8 Å². The van der Waals surface area contributed by atoms with Gasteiger partial charge in [0, 0.05) is 25.8 Å². The van der Waals surface area contributed by atoms with Crippen molar-refractivity contribution in [1.29, 1.82) is 0 Å². The normalized spacial score (nSPS) is 21.4. The van der Waals surface area contributed by atoms with E-state index in [9.17, 15) is 0 Å². The summed E-state index contributed by atoms with van der Waals surface area (Å²) in [6.45, 7) is 5.17. The van der Waals surface area contributed by atoms with E-state index in [2.05, 4.69) is 34.4 Å². The molecule has 2 rings (SSSR count). The molecule has 1 aliphatic rings. The van der Waals surface area contributed by atoms with Gasteiger partial charge in [-0.3, -0.25) is 0 Å². The quantitative estimate of drug-likeness (QED) is 0.766. The summed E-state index contributed by atoms with van der Waals surface area (Å²) in [5.74, 6) is 1.78. The van der Waals surface area contributed by atoms with E-state index in [-0.39, 0.29) is 11.5 Å². The van der Waals surface area contributed by atoms with Gasteiger partial charge in [0.2, 0.25) is 5.95 Å². The fourth-order valence-electron chi connectivity index (χ4n) is 2.77. The van der Waals surface area contributed by atoms with Crippen LogP contribution in [0.2, 0.25) is 0 Å². The molecule has 1 aromatic rings. The summed E-state index contributed by atoms with van der Waals surface area (Å²) in [6.07, 6.45) is 4.06. The minimum absolute atomic E-state index is 0.000325. The van der Waals surface area contributed by atoms with Gasteiger partial charge in [-0.25, -0.2) is 0 Å². The summed E-state index contributed by atoms with van der Waals surface area (Å²) in [5, 5.41) is 6.46. The monoisotopic (exact) mass is 279 g/mol. The Kier molecular flexibility index (Phi) is 4.65. The molecule has 112 valence electrons. The third-order valence-corrected chi connectivity index (χ3v) is 4.13. The summed E-state index contributed by atoms with van der Waals surface area (Å²) in [5.41, 5.74) is 5.72. The zero-order chi connectivity index (χ0) is 14.6. The van der Waals surface area contributed by atoms with E-state index in [0.717, 1.165) is 43.9 Å². The summed E-state index contributed by atoms with van der Waals surface area (Å²) in [7, 11) is 1.82. The van der Waals surface area contributed by atoms with Gasteiger partial charge in [-0.05, 0) is 25.7 Å². The van der Waals surface area contributed by atoms with Crippen LogP contribution in [-0.4, -0.2) is 35.3 Å². The number of aromatic nitrogens is 2. The second kappa shape index (κ2) is 6.26. The average molecular weight is 279 g/mol. The van der Waals surface area contributed by atoms with E-state index in [1.807, 2.05) is 13.1 Å². The fraction of sp³-hybridized carbons (Fsp3) is 0.714. The highest BCUT2D eigenvalue weighted by Gasteiger charge is 2.34. The van der Waals surface area contributed by atoms with Crippen molar-refractivity contribution in [1.82, 2.24) is 9.97 Å². The second-order valence-corrected chi connectivity index (χ2v) is 5.32. The molecular formula is C14H25N5O. The molecule has 1 aliphatic heterocycles. The third-order valence-electron chi connectivity index (χ3n) is 4.13. The molecule has 1 saturated heterocycles. The number of nitrogens with one attached hydrogen (secondary N) is 2. The van der Waals surface area contributed by atoms with Crippen molar-refractivity contribution in [2.45, 2.75) is 51.2 Å². The highest BCUT2D eigenvalue weighted by Crippen LogP contribution is 2.32. The van der Waals surface area contributed by atoms with Crippen LogP contribution in [0.5, 0.6) is 0 Å². The highest BCUT2D eigenvalue weighted by atomic mass is 16.5. The van der Waals surface area contributed by atoms with Crippen molar-refractivity contribution in [2.75, 3.05) is 30.0 Å². The van der Waals surface area contributed by atoms with Crippen molar-refractivity contribution in [2.24, 2.45) is 0 Å². The number of ether oxygens (including phenoxy) is 1. The molecule has 0 spiro atoms. The first-order chi connectivity index (χ1) is 9.60. The predicted octanol–water partition coefficient (Wildman–Crippen LogP) is 2.25. The van der Waals surface area contributed by atoms with Gasteiger partial charge < -0.3 is 21.1 Å². The first kappa shape index (κ1) is 14.8. The lowest BCUT2D eigenvalue weighted by atomic mass is 9.86. The molecule has 1 fully saturated rings. The Morgan fingerprint density at radius 3 is 2.70 bits per heavy atom. The Morgan fingerprint density at radius 1 is 1.35 bits per heavy atom. The number of anilines is 3. The number of hydrogen-bond acceptors (Lipinski definition) is 6. The minimum Gasteiger partial charge on any atom is -0.375 e. The molecule has 0 bridgehead atoms. The number of nitrogen functional groups attached to an aromatic ring is 1. The summed E-state index contributed by atoms with van der Waals surface area (Å²) < 4.78 is 5.99. The van der Waals surface area contributed by atoms with Crippen molar-refractivity contribution in [3.8, 4) is 0 Å². The molecule has 4 N–H and O–H groups in total. The van der Waals surface area contributed by atoms with Crippen LogP contribution in [0, 0.1) is 0 Å². The highest BCUT2D eigenvalue weighted by molar-refractivity contribution is 5.51. The zero-order valence-corrected chi connectivity index (χ0v) is 12.6. The summed E-state index contributed by atoms with van der Waals surface area (Å²) in [4.78, 5) is 8.35. The Bertz CT molecular complexity index is 447. The Labute approximate surface area is 120 Å². The van der Waals surface area contributed by atoms with E-state index in [0.29, 0.717) is 6.04 Å². The molecule has 1 unspecified atom stereocenters. The molecule has 2 heterocycles. The zero-order valence-electron chi connectivity index (χ0n) is 12.6. The van der Waals surface area contributed by atoms with Gasteiger partial charge in [-0.2, -0.15) is 9.97 Å². The van der Waals surface area contributed by atoms with Crippen molar-refractivity contribution < 1.29 is 4.74 Å². The maximum atomic E-state index is 5.99. The Hall–Kier alpha value is -1.56. The van der Waals surface area contributed by atoms with Crippen molar-refractivity contribution >= 4 is 17.6 Å². The van der Waals surface area contributed by atoms with Crippen LogP contribution in [0.1, 0.15) is 39.5 Å². The second-order valence-electron chi connectivity index (χ2n) is 5.32. The smallest absolute Gasteiger partial charge is 0.223 e. The fourth-order valence-corrected chi connectivity index (χ4v) is 2.77. The lowest BCUT2D eigenvalue weighted by Crippen LogP contribution is -2.43. The molecule has 1 aromatic heterocycles. The lowest BCUT2D eigenvalue weighted by Gasteiger charge is -2.40. The van der Waals surface area contributed by atoms with E-state index in [4.69, 9.17) is 10.5 Å². The largest absolute Gasteiger partial charge is 0.375 e. The molecule has 6 nitrogen and oxygen atoms in total. The van der Waals surface area contributed by atoms with Gasteiger partial charge in [0.25, 0.3) is 0 Å². The lowest BCUT2D eigenvalue weighted by molar-refractivity contribution is -0.0864. The number of hydrogen-bond donors (Lipinski definition) is 3. The van der Waals surface area contributed by atoms with Crippen molar-refractivity contribution in [3.05, 3.63) is 6.07 Å². The topological polar surface area (TPSA) is 85.1 Å². The Balaban J connectivity index is 2.08. The molecular weight excluding hydrogens is 254 g/mol. The molecule has 0 amide bonds. The van der Waals surface area contributed by atoms with Gasteiger partial charge in [-0.15, -0.1) is 0 Å². The molecule has 20 heavy (non-hydrogen) atoms. The summed E-state index contributed by atoms with van der Waals surface area (Å²) in [6, 6.07) is 2.24. The van der Waals surface area contributed by atoms with Crippen LogP contribution in [0.25, 0.3) is 0 Å². The molecule has 0 aliphatic carbocycles. The van der Waals surface area contributed by atoms with E-state index in [1.165, 1.54) is 0 Å². The van der Waals surface area contributed by atoms with Gasteiger partial charge in [0.1, 0.15) is 11.6 Å². The average Bonchev–Trinajstić information content (AvgIpc) is 2.46. The third kappa shape index (κ3) is 3.30. The number of nitrogens with zero attached hydrogens (tertiary/aromatic N) is 2. The maximum absolute atomic E-state index is 5.99. The van der Waals surface area contributed by atoms with Gasteiger partial charge >= 0.3 is 0 Å². The van der Waals surface area contributed by atoms with Crippen LogP contribution in [-0.2, 0) is 4.74 Å².